The monoisotopic (exact) mass is 237 g/mol. The Balaban J connectivity index is 2.31. The molecule has 0 unspecified atom stereocenters. The molecule has 2 N–H and O–H groups in total. The molecule has 0 aliphatic heterocycles. The zero-order valence-corrected chi connectivity index (χ0v) is 10.5. The Hall–Kier alpha value is -1.39. The van der Waals surface area contributed by atoms with Crippen molar-refractivity contribution in [2.24, 2.45) is 0 Å². The van der Waals surface area contributed by atoms with Crippen LogP contribution in [0.3, 0.4) is 0 Å². The minimum atomic E-state index is -0.763. The van der Waals surface area contributed by atoms with E-state index in [-0.39, 0.29) is 6.42 Å². The molecule has 0 aliphatic carbocycles. The van der Waals surface area contributed by atoms with Crippen molar-refractivity contribution in [1.82, 2.24) is 5.43 Å². The van der Waals surface area contributed by atoms with Crippen LogP contribution in [-0.2, 0) is 11.2 Å². The quantitative estimate of drug-likeness (QED) is 0.555. The Morgan fingerprint density at radius 2 is 1.94 bits per heavy atom. The minimum absolute atomic E-state index is 0.160. The van der Waals surface area contributed by atoms with E-state index in [0.717, 1.165) is 13.0 Å². The predicted octanol–water partition coefficient (Wildman–Crippen LogP) is 1.28. The van der Waals surface area contributed by atoms with Crippen molar-refractivity contribution in [2.75, 3.05) is 27.2 Å². The van der Waals surface area contributed by atoms with Crippen molar-refractivity contribution in [3.8, 4) is 0 Å². The van der Waals surface area contributed by atoms with Crippen LogP contribution in [0.5, 0.6) is 0 Å². The first-order valence-corrected chi connectivity index (χ1v) is 5.83. The van der Waals surface area contributed by atoms with E-state index >= 15 is 0 Å². The molecule has 0 atom stereocenters. The number of aliphatic carboxylic acids is 1. The maximum atomic E-state index is 10.4. The van der Waals surface area contributed by atoms with Gasteiger partial charge in [-0.15, -0.1) is 0 Å². The van der Waals surface area contributed by atoms with Crippen molar-refractivity contribution in [3.63, 3.8) is 0 Å². The highest BCUT2D eigenvalue weighted by atomic mass is 16.4. The molecule has 0 aromatic heterocycles. The summed E-state index contributed by atoms with van der Waals surface area (Å²) in [6.07, 6.45) is 1.14. The standard InChI is InChI=1S/C13H20N2O2/c1-15(2,14-10-8-13(16)17)11-9-12-6-4-3-5-7-12/h3-7,14H,8-11H2,1-2H3/p+1. The number of quaternary nitrogens is 1. The van der Waals surface area contributed by atoms with Gasteiger partial charge < -0.3 is 5.11 Å². The number of hydrogen-bond donors (Lipinski definition) is 2. The van der Waals surface area contributed by atoms with Gasteiger partial charge >= 0.3 is 5.97 Å². The number of carboxylic acid groups (broad SMARTS) is 1. The van der Waals surface area contributed by atoms with Gasteiger partial charge in [0, 0.05) is 6.42 Å². The molecular formula is C13H21N2O2+. The Morgan fingerprint density at radius 1 is 1.29 bits per heavy atom. The summed E-state index contributed by atoms with van der Waals surface area (Å²) in [4.78, 5) is 10.4. The maximum Gasteiger partial charge on any atom is 0.304 e. The Kier molecular flexibility index (Phi) is 5.12. The lowest BCUT2D eigenvalue weighted by Crippen LogP contribution is -2.53. The summed E-state index contributed by atoms with van der Waals surface area (Å²) in [5.74, 6) is -0.763. The second kappa shape index (κ2) is 6.37. The van der Waals surface area contributed by atoms with Gasteiger partial charge in [-0.05, 0) is 5.56 Å². The fourth-order valence-electron chi connectivity index (χ4n) is 1.60. The van der Waals surface area contributed by atoms with Gasteiger partial charge in [0.05, 0.1) is 33.6 Å². The van der Waals surface area contributed by atoms with Gasteiger partial charge in [-0.1, -0.05) is 30.3 Å². The average Bonchev–Trinajstić information content (AvgIpc) is 2.27. The first kappa shape index (κ1) is 13.7. The minimum Gasteiger partial charge on any atom is -0.481 e. The van der Waals surface area contributed by atoms with E-state index in [0.29, 0.717) is 11.1 Å². The van der Waals surface area contributed by atoms with E-state index in [4.69, 9.17) is 5.11 Å². The number of nitrogens with zero attached hydrogens (tertiary/aromatic N) is 1. The van der Waals surface area contributed by atoms with Crippen LogP contribution in [0, 0.1) is 0 Å². The van der Waals surface area contributed by atoms with Crippen molar-refractivity contribution in [3.05, 3.63) is 35.9 Å². The highest BCUT2D eigenvalue weighted by Gasteiger charge is 2.14. The third kappa shape index (κ3) is 6.04. The number of carboxylic acids is 1. The number of hydrogen-bond acceptors (Lipinski definition) is 2. The van der Waals surface area contributed by atoms with Gasteiger partial charge in [0.25, 0.3) is 0 Å². The van der Waals surface area contributed by atoms with Gasteiger partial charge in [-0.2, -0.15) is 5.43 Å². The molecule has 0 radical (unpaired) electrons. The number of benzene rings is 1. The van der Waals surface area contributed by atoms with E-state index in [1.807, 2.05) is 32.3 Å². The molecule has 0 heterocycles. The molecule has 1 aromatic rings. The second-order valence-electron chi connectivity index (χ2n) is 4.70. The van der Waals surface area contributed by atoms with E-state index in [1.54, 1.807) is 0 Å². The zero-order valence-electron chi connectivity index (χ0n) is 10.5. The summed E-state index contributed by atoms with van der Waals surface area (Å²) in [7, 11) is 4.09. The van der Waals surface area contributed by atoms with Gasteiger partial charge in [0.2, 0.25) is 0 Å². The first-order chi connectivity index (χ1) is 7.99. The molecule has 0 saturated heterocycles. The molecule has 0 bridgehead atoms. The lowest BCUT2D eigenvalue weighted by molar-refractivity contribution is -0.933. The molecule has 94 valence electrons. The lowest BCUT2D eigenvalue weighted by atomic mass is 10.1. The first-order valence-electron chi connectivity index (χ1n) is 5.83. The highest BCUT2D eigenvalue weighted by molar-refractivity contribution is 5.66. The average molecular weight is 237 g/mol. The Labute approximate surface area is 102 Å². The summed E-state index contributed by atoms with van der Waals surface area (Å²) in [5.41, 5.74) is 4.52. The van der Waals surface area contributed by atoms with Gasteiger partial charge in [-0.25, -0.2) is 0 Å². The molecule has 0 aliphatic rings. The predicted molar refractivity (Wildman–Crippen MR) is 67.4 cm³/mol. The van der Waals surface area contributed by atoms with Crippen LogP contribution < -0.4 is 5.43 Å². The van der Waals surface area contributed by atoms with Crippen molar-refractivity contribution in [1.29, 1.82) is 0 Å². The SMILES string of the molecule is C[N+](C)(CCc1ccccc1)NCCC(=O)O. The third-order valence-corrected chi connectivity index (χ3v) is 2.68. The molecule has 1 rings (SSSR count). The Morgan fingerprint density at radius 3 is 2.53 bits per heavy atom. The van der Waals surface area contributed by atoms with Crippen LogP contribution in [0.15, 0.2) is 30.3 Å². The molecule has 4 nitrogen and oxygen atoms in total. The zero-order chi connectivity index (χ0) is 12.7. The van der Waals surface area contributed by atoms with Gasteiger partial charge in [-0.3, -0.25) is 9.39 Å². The molecule has 0 spiro atoms. The summed E-state index contributed by atoms with van der Waals surface area (Å²) >= 11 is 0. The van der Waals surface area contributed by atoms with E-state index < -0.39 is 5.97 Å². The lowest BCUT2D eigenvalue weighted by Gasteiger charge is -2.29. The third-order valence-electron chi connectivity index (χ3n) is 2.68. The molecular weight excluding hydrogens is 216 g/mol. The van der Waals surface area contributed by atoms with Gasteiger partial charge in [0.1, 0.15) is 0 Å². The summed E-state index contributed by atoms with van der Waals surface area (Å²) < 4.78 is 0.627. The fraction of sp³-hybridized carbons (Fsp3) is 0.462. The van der Waals surface area contributed by atoms with Crippen LogP contribution in [0.25, 0.3) is 0 Å². The highest BCUT2D eigenvalue weighted by Crippen LogP contribution is 2.02. The second-order valence-corrected chi connectivity index (χ2v) is 4.70. The van der Waals surface area contributed by atoms with Gasteiger partial charge in [0.15, 0.2) is 0 Å². The smallest absolute Gasteiger partial charge is 0.304 e. The molecule has 17 heavy (non-hydrogen) atoms. The summed E-state index contributed by atoms with van der Waals surface area (Å²) in [6, 6.07) is 10.3. The van der Waals surface area contributed by atoms with Crippen LogP contribution >= 0.6 is 0 Å². The molecule has 1 aromatic carbocycles. The fourth-order valence-corrected chi connectivity index (χ4v) is 1.60. The largest absolute Gasteiger partial charge is 0.481 e. The molecule has 0 saturated carbocycles. The van der Waals surface area contributed by atoms with Crippen LogP contribution in [0.2, 0.25) is 0 Å². The summed E-state index contributed by atoms with van der Waals surface area (Å²) in [6.45, 7) is 1.43. The van der Waals surface area contributed by atoms with Crippen LogP contribution in [0.1, 0.15) is 12.0 Å². The molecule has 0 amide bonds. The van der Waals surface area contributed by atoms with Crippen molar-refractivity contribution in [2.45, 2.75) is 12.8 Å². The number of carbonyl (C=O) groups is 1. The van der Waals surface area contributed by atoms with Crippen molar-refractivity contribution >= 4 is 5.97 Å². The van der Waals surface area contributed by atoms with Crippen LogP contribution in [0.4, 0.5) is 0 Å². The van der Waals surface area contributed by atoms with E-state index in [2.05, 4.69) is 17.6 Å². The van der Waals surface area contributed by atoms with E-state index in [9.17, 15) is 4.79 Å². The molecule has 0 fully saturated rings. The molecule has 4 heteroatoms. The normalized spacial score (nSPS) is 11.4. The summed E-state index contributed by atoms with van der Waals surface area (Å²) in [5, 5.41) is 8.57. The topological polar surface area (TPSA) is 49.3 Å². The van der Waals surface area contributed by atoms with Crippen molar-refractivity contribution < 1.29 is 14.5 Å². The van der Waals surface area contributed by atoms with Crippen LogP contribution in [-0.4, -0.2) is 42.9 Å². The number of rotatable bonds is 7. The number of nitrogens with one attached hydrogen (secondary N) is 1. The number of likely N-dealkylation sites (N-methyl/N-ethyl adjacent to an activating group) is 1. The maximum absolute atomic E-state index is 10.4. The van der Waals surface area contributed by atoms with E-state index in [1.165, 1.54) is 5.56 Å². The Bertz CT molecular complexity index is 350.